The minimum Gasteiger partial charge on any atom is -0.319 e. The summed E-state index contributed by atoms with van der Waals surface area (Å²) in [4.78, 5) is 1.41. The summed E-state index contributed by atoms with van der Waals surface area (Å²) in [7, 11) is 2.00. The number of hydrogen-bond donors (Lipinski definition) is 1. The van der Waals surface area contributed by atoms with Crippen molar-refractivity contribution in [2.75, 3.05) is 13.6 Å². The van der Waals surface area contributed by atoms with E-state index in [2.05, 4.69) is 30.6 Å². The third-order valence-corrected chi connectivity index (χ3v) is 2.71. The van der Waals surface area contributed by atoms with Gasteiger partial charge >= 0.3 is 0 Å². The summed E-state index contributed by atoms with van der Waals surface area (Å²) in [5.41, 5.74) is 1.46. The number of nitrogens with one attached hydrogen (secondary N) is 1. The molecule has 0 saturated carbocycles. The predicted molar refractivity (Wildman–Crippen MR) is 51.4 cm³/mol. The van der Waals surface area contributed by atoms with Gasteiger partial charge < -0.3 is 5.32 Å². The fourth-order valence-corrected chi connectivity index (χ4v) is 1.97. The molecule has 2 heteroatoms. The Hall–Kier alpha value is -0.340. The van der Waals surface area contributed by atoms with Gasteiger partial charge in [-0.15, -0.1) is 11.3 Å². The van der Waals surface area contributed by atoms with E-state index in [9.17, 15) is 0 Å². The minimum absolute atomic E-state index is 0.643. The molecule has 1 heterocycles. The fraction of sp³-hybridized carbons (Fsp3) is 0.556. The zero-order valence-corrected chi connectivity index (χ0v) is 8.16. The van der Waals surface area contributed by atoms with Gasteiger partial charge in [0.25, 0.3) is 0 Å². The quantitative estimate of drug-likeness (QED) is 0.732. The molecule has 1 N–H and O–H groups in total. The van der Waals surface area contributed by atoms with E-state index in [4.69, 9.17) is 0 Å². The van der Waals surface area contributed by atoms with E-state index in [0.29, 0.717) is 5.92 Å². The standard InChI is InChI=1S/C9H15NS/c1-7(5-10-3)9-4-8(2)11-6-9/h4,6-7,10H,5H2,1-3H3. The van der Waals surface area contributed by atoms with Crippen LogP contribution in [-0.2, 0) is 0 Å². The van der Waals surface area contributed by atoms with Gasteiger partial charge in [-0.2, -0.15) is 0 Å². The van der Waals surface area contributed by atoms with Crippen molar-refractivity contribution in [3.8, 4) is 0 Å². The Labute approximate surface area is 72.4 Å². The van der Waals surface area contributed by atoms with Crippen LogP contribution in [0.3, 0.4) is 0 Å². The molecule has 0 aliphatic carbocycles. The first-order valence-corrected chi connectivity index (χ1v) is 4.81. The Bertz CT molecular complexity index is 217. The van der Waals surface area contributed by atoms with Crippen molar-refractivity contribution < 1.29 is 0 Å². The molecule has 1 atom stereocenters. The number of aryl methyl sites for hydroxylation is 1. The zero-order valence-electron chi connectivity index (χ0n) is 7.35. The van der Waals surface area contributed by atoms with Crippen LogP contribution < -0.4 is 5.32 Å². The van der Waals surface area contributed by atoms with E-state index in [1.165, 1.54) is 10.4 Å². The monoisotopic (exact) mass is 169 g/mol. The molecule has 0 aromatic carbocycles. The smallest absolute Gasteiger partial charge is 0.00171 e. The molecule has 1 nitrogen and oxygen atoms in total. The van der Waals surface area contributed by atoms with Gasteiger partial charge in [0.1, 0.15) is 0 Å². The highest BCUT2D eigenvalue weighted by Crippen LogP contribution is 2.20. The topological polar surface area (TPSA) is 12.0 Å². The molecule has 0 amide bonds. The highest BCUT2D eigenvalue weighted by molar-refractivity contribution is 7.10. The lowest BCUT2D eigenvalue weighted by molar-refractivity contribution is 0.679. The molecule has 1 unspecified atom stereocenters. The first-order valence-electron chi connectivity index (χ1n) is 3.93. The SMILES string of the molecule is CNCC(C)c1csc(C)c1. The van der Waals surface area contributed by atoms with Crippen molar-refractivity contribution in [1.29, 1.82) is 0 Å². The maximum Gasteiger partial charge on any atom is 0.00171 e. The van der Waals surface area contributed by atoms with Crippen LogP contribution in [0.1, 0.15) is 23.3 Å². The van der Waals surface area contributed by atoms with E-state index in [1.54, 1.807) is 0 Å². The Balaban J connectivity index is 2.60. The molecular weight excluding hydrogens is 154 g/mol. The van der Waals surface area contributed by atoms with Gasteiger partial charge in [-0.25, -0.2) is 0 Å². The largest absolute Gasteiger partial charge is 0.319 e. The maximum absolute atomic E-state index is 3.18. The van der Waals surface area contributed by atoms with Gasteiger partial charge in [-0.05, 0) is 36.9 Å². The van der Waals surface area contributed by atoms with Gasteiger partial charge in [0.2, 0.25) is 0 Å². The molecule has 1 aromatic heterocycles. The molecule has 0 spiro atoms. The van der Waals surface area contributed by atoms with Crippen LogP contribution in [0.4, 0.5) is 0 Å². The first kappa shape index (κ1) is 8.75. The number of thiophene rings is 1. The van der Waals surface area contributed by atoms with E-state index in [-0.39, 0.29) is 0 Å². The van der Waals surface area contributed by atoms with Crippen LogP contribution in [-0.4, -0.2) is 13.6 Å². The van der Waals surface area contributed by atoms with Crippen LogP contribution in [0, 0.1) is 6.92 Å². The van der Waals surface area contributed by atoms with Gasteiger partial charge in [0.15, 0.2) is 0 Å². The zero-order chi connectivity index (χ0) is 8.27. The summed E-state index contributed by atoms with van der Waals surface area (Å²) >= 11 is 1.83. The highest BCUT2D eigenvalue weighted by Gasteiger charge is 2.04. The van der Waals surface area contributed by atoms with E-state index in [0.717, 1.165) is 6.54 Å². The average Bonchev–Trinajstić information content (AvgIpc) is 2.36. The predicted octanol–water partition coefficient (Wildman–Crippen LogP) is 2.38. The first-order chi connectivity index (χ1) is 5.24. The van der Waals surface area contributed by atoms with Crippen LogP contribution in [0.25, 0.3) is 0 Å². The Morgan fingerprint density at radius 2 is 2.36 bits per heavy atom. The Morgan fingerprint density at radius 3 is 2.82 bits per heavy atom. The van der Waals surface area contributed by atoms with Crippen molar-refractivity contribution in [3.63, 3.8) is 0 Å². The van der Waals surface area contributed by atoms with Crippen LogP contribution in [0.2, 0.25) is 0 Å². The summed E-state index contributed by atoms with van der Waals surface area (Å²) in [6.07, 6.45) is 0. The summed E-state index contributed by atoms with van der Waals surface area (Å²) < 4.78 is 0. The van der Waals surface area contributed by atoms with Crippen LogP contribution >= 0.6 is 11.3 Å². The number of rotatable bonds is 3. The second-order valence-corrected chi connectivity index (χ2v) is 4.06. The van der Waals surface area contributed by atoms with Gasteiger partial charge in [0.05, 0.1) is 0 Å². The maximum atomic E-state index is 3.18. The Morgan fingerprint density at radius 1 is 1.64 bits per heavy atom. The van der Waals surface area contributed by atoms with Crippen molar-refractivity contribution in [3.05, 3.63) is 21.9 Å². The lowest BCUT2D eigenvalue weighted by Gasteiger charge is -2.07. The minimum atomic E-state index is 0.643. The van der Waals surface area contributed by atoms with Gasteiger partial charge in [-0.3, -0.25) is 0 Å². The van der Waals surface area contributed by atoms with Crippen molar-refractivity contribution >= 4 is 11.3 Å². The van der Waals surface area contributed by atoms with E-state index < -0.39 is 0 Å². The van der Waals surface area contributed by atoms with E-state index in [1.807, 2.05) is 18.4 Å². The van der Waals surface area contributed by atoms with Crippen molar-refractivity contribution in [2.45, 2.75) is 19.8 Å². The summed E-state index contributed by atoms with van der Waals surface area (Å²) in [6, 6.07) is 2.27. The molecule has 0 bridgehead atoms. The van der Waals surface area contributed by atoms with Gasteiger partial charge in [-0.1, -0.05) is 6.92 Å². The van der Waals surface area contributed by atoms with Crippen LogP contribution in [0.5, 0.6) is 0 Å². The molecule has 1 aromatic rings. The number of hydrogen-bond acceptors (Lipinski definition) is 2. The van der Waals surface area contributed by atoms with Crippen molar-refractivity contribution in [2.24, 2.45) is 0 Å². The fourth-order valence-electron chi connectivity index (χ4n) is 1.15. The average molecular weight is 169 g/mol. The molecule has 0 radical (unpaired) electrons. The van der Waals surface area contributed by atoms with Crippen LogP contribution in [0.15, 0.2) is 11.4 Å². The molecule has 0 aliphatic heterocycles. The molecule has 11 heavy (non-hydrogen) atoms. The summed E-state index contributed by atoms with van der Waals surface area (Å²) in [5, 5.41) is 5.43. The normalized spacial score (nSPS) is 13.4. The van der Waals surface area contributed by atoms with E-state index >= 15 is 0 Å². The lowest BCUT2D eigenvalue weighted by atomic mass is 10.1. The molecule has 0 aliphatic rings. The highest BCUT2D eigenvalue weighted by atomic mass is 32.1. The summed E-state index contributed by atoms with van der Waals surface area (Å²) in [5.74, 6) is 0.643. The second-order valence-electron chi connectivity index (χ2n) is 2.95. The third kappa shape index (κ3) is 2.31. The Kier molecular flexibility index (Phi) is 3.09. The summed E-state index contributed by atoms with van der Waals surface area (Å²) in [6.45, 7) is 5.47. The molecule has 0 saturated heterocycles. The molecular formula is C9H15NS. The second kappa shape index (κ2) is 3.88. The third-order valence-electron chi connectivity index (χ3n) is 1.83. The molecule has 1 rings (SSSR count). The van der Waals surface area contributed by atoms with Gasteiger partial charge in [0, 0.05) is 11.4 Å². The molecule has 62 valence electrons. The lowest BCUT2D eigenvalue weighted by Crippen LogP contribution is -2.14. The molecule has 0 fully saturated rings. The number of likely N-dealkylation sites (N-methyl/N-ethyl adjacent to an activating group) is 1. The van der Waals surface area contributed by atoms with Crippen molar-refractivity contribution in [1.82, 2.24) is 5.32 Å².